The summed E-state index contributed by atoms with van der Waals surface area (Å²) in [6.45, 7) is 0.879. The van der Waals surface area contributed by atoms with Crippen molar-refractivity contribution in [2.45, 2.75) is 68.8 Å². The lowest BCUT2D eigenvalue weighted by Gasteiger charge is -2.28. The molecule has 104 valence electrons. The van der Waals surface area contributed by atoms with Crippen LogP contribution in [0.1, 0.15) is 51.4 Å². The number of ether oxygens (including phenoxy) is 1. The van der Waals surface area contributed by atoms with Crippen molar-refractivity contribution in [1.82, 2.24) is 5.32 Å². The molecule has 2 fully saturated rings. The first kappa shape index (κ1) is 14.2. The van der Waals surface area contributed by atoms with Crippen LogP contribution in [-0.4, -0.2) is 36.2 Å². The Bertz CT molecular complexity index is 267. The Morgan fingerprint density at radius 1 is 1.33 bits per heavy atom. The van der Waals surface area contributed by atoms with E-state index in [0.717, 1.165) is 44.0 Å². The summed E-state index contributed by atoms with van der Waals surface area (Å²) in [6.07, 6.45) is 11.2. The van der Waals surface area contributed by atoms with Crippen molar-refractivity contribution in [1.29, 1.82) is 0 Å². The third kappa shape index (κ3) is 4.47. The molecule has 1 saturated heterocycles. The van der Waals surface area contributed by atoms with Gasteiger partial charge in [0.1, 0.15) is 0 Å². The van der Waals surface area contributed by atoms with Crippen molar-refractivity contribution >= 4 is 17.7 Å². The fraction of sp³-hybridized carbons (Fsp3) is 0.929. The van der Waals surface area contributed by atoms with Gasteiger partial charge in [-0.05, 0) is 44.8 Å². The van der Waals surface area contributed by atoms with Crippen molar-refractivity contribution in [3.63, 3.8) is 0 Å². The molecule has 1 aliphatic heterocycles. The minimum absolute atomic E-state index is 0.220. The smallest absolute Gasteiger partial charge is 0.220 e. The van der Waals surface area contributed by atoms with E-state index in [-0.39, 0.29) is 5.91 Å². The number of carbonyl (C=O) groups is 1. The van der Waals surface area contributed by atoms with E-state index in [4.69, 9.17) is 4.74 Å². The topological polar surface area (TPSA) is 38.3 Å². The molecule has 3 nitrogen and oxygen atoms in total. The Labute approximate surface area is 114 Å². The summed E-state index contributed by atoms with van der Waals surface area (Å²) >= 11 is 1.94. The lowest BCUT2D eigenvalue weighted by molar-refractivity contribution is -0.122. The second-order valence-electron chi connectivity index (χ2n) is 5.46. The zero-order valence-corrected chi connectivity index (χ0v) is 12.1. The molecule has 1 saturated carbocycles. The molecule has 0 radical (unpaired) electrons. The molecule has 18 heavy (non-hydrogen) atoms. The summed E-state index contributed by atoms with van der Waals surface area (Å²) in [4.78, 5) is 11.9. The van der Waals surface area contributed by atoms with Gasteiger partial charge in [0.05, 0.1) is 6.10 Å². The number of carbonyl (C=O) groups excluding carboxylic acids is 1. The fourth-order valence-electron chi connectivity index (χ4n) is 2.95. The molecule has 0 aromatic carbocycles. The van der Waals surface area contributed by atoms with Gasteiger partial charge in [-0.25, -0.2) is 0 Å². The maximum atomic E-state index is 11.9. The molecule has 3 atom stereocenters. The van der Waals surface area contributed by atoms with E-state index in [1.54, 1.807) is 0 Å². The van der Waals surface area contributed by atoms with Crippen LogP contribution in [0.3, 0.4) is 0 Å². The Kier molecular flexibility index (Phi) is 5.83. The molecule has 0 unspecified atom stereocenters. The van der Waals surface area contributed by atoms with Gasteiger partial charge in [0, 0.05) is 24.3 Å². The molecule has 0 aromatic rings. The summed E-state index contributed by atoms with van der Waals surface area (Å²) in [5.41, 5.74) is 0. The van der Waals surface area contributed by atoms with Crippen LogP contribution in [0.5, 0.6) is 0 Å². The minimum atomic E-state index is 0.220. The van der Waals surface area contributed by atoms with Crippen molar-refractivity contribution in [3.05, 3.63) is 0 Å². The van der Waals surface area contributed by atoms with E-state index in [0.29, 0.717) is 18.6 Å². The SMILES string of the molecule is CS[C@@H]1CCC[C@@H](NC(=O)CC[C@@H]2CCCO2)C1. The summed E-state index contributed by atoms with van der Waals surface area (Å²) in [5, 5.41) is 3.94. The lowest BCUT2D eigenvalue weighted by Crippen LogP contribution is -2.39. The predicted molar refractivity (Wildman–Crippen MR) is 75.9 cm³/mol. The highest BCUT2D eigenvalue weighted by atomic mass is 32.2. The van der Waals surface area contributed by atoms with Crippen LogP contribution in [0.2, 0.25) is 0 Å². The number of rotatable bonds is 5. The molecule has 0 aromatic heterocycles. The van der Waals surface area contributed by atoms with Gasteiger partial charge >= 0.3 is 0 Å². The van der Waals surface area contributed by atoms with Crippen LogP contribution >= 0.6 is 11.8 Å². The summed E-state index contributed by atoms with van der Waals surface area (Å²) in [7, 11) is 0. The number of amides is 1. The summed E-state index contributed by atoms with van der Waals surface area (Å²) in [5.74, 6) is 0.220. The quantitative estimate of drug-likeness (QED) is 0.835. The highest BCUT2D eigenvalue weighted by Gasteiger charge is 2.23. The van der Waals surface area contributed by atoms with E-state index in [1.165, 1.54) is 12.8 Å². The Morgan fingerprint density at radius 2 is 2.22 bits per heavy atom. The fourth-order valence-corrected chi connectivity index (χ4v) is 3.78. The van der Waals surface area contributed by atoms with Crippen molar-refractivity contribution in [2.75, 3.05) is 12.9 Å². The number of hydrogen-bond acceptors (Lipinski definition) is 3. The van der Waals surface area contributed by atoms with Crippen molar-refractivity contribution in [3.8, 4) is 0 Å². The van der Waals surface area contributed by atoms with Crippen LogP contribution in [0.15, 0.2) is 0 Å². The standard InChI is InChI=1S/C14H25NO2S/c1-18-13-6-2-4-11(10-13)15-14(16)8-7-12-5-3-9-17-12/h11-13H,2-10H2,1H3,(H,15,16)/t11-,12+,13-/m1/s1. The van der Waals surface area contributed by atoms with Gasteiger partial charge in [-0.1, -0.05) is 6.42 Å². The number of hydrogen-bond donors (Lipinski definition) is 1. The first-order chi connectivity index (χ1) is 8.78. The zero-order valence-electron chi connectivity index (χ0n) is 11.3. The van der Waals surface area contributed by atoms with Crippen LogP contribution in [-0.2, 0) is 9.53 Å². The molecule has 1 amide bonds. The first-order valence-corrected chi connectivity index (χ1v) is 8.50. The molecule has 0 bridgehead atoms. The molecule has 1 aliphatic carbocycles. The van der Waals surface area contributed by atoms with E-state index in [1.807, 2.05) is 11.8 Å². The van der Waals surface area contributed by atoms with Gasteiger partial charge in [-0.3, -0.25) is 4.79 Å². The van der Waals surface area contributed by atoms with Gasteiger partial charge in [-0.15, -0.1) is 0 Å². The molecule has 1 N–H and O–H groups in total. The van der Waals surface area contributed by atoms with Gasteiger partial charge < -0.3 is 10.1 Å². The Balaban J connectivity index is 1.63. The van der Waals surface area contributed by atoms with Gasteiger partial charge in [0.2, 0.25) is 5.91 Å². The number of nitrogens with one attached hydrogen (secondary N) is 1. The number of thioether (sulfide) groups is 1. The molecule has 1 heterocycles. The molecular weight excluding hydrogens is 246 g/mol. The normalized spacial score (nSPS) is 32.4. The molecule has 2 aliphatic rings. The Morgan fingerprint density at radius 3 is 2.94 bits per heavy atom. The van der Waals surface area contributed by atoms with Crippen molar-refractivity contribution in [2.24, 2.45) is 0 Å². The van der Waals surface area contributed by atoms with E-state index in [2.05, 4.69) is 11.6 Å². The van der Waals surface area contributed by atoms with Gasteiger partial charge in [-0.2, -0.15) is 11.8 Å². The average molecular weight is 271 g/mol. The predicted octanol–water partition coefficient (Wildman–Crippen LogP) is 2.74. The van der Waals surface area contributed by atoms with Gasteiger partial charge in [0.25, 0.3) is 0 Å². The van der Waals surface area contributed by atoms with Crippen LogP contribution in [0.4, 0.5) is 0 Å². The zero-order chi connectivity index (χ0) is 12.8. The largest absolute Gasteiger partial charge is 0.378 e. The molecule has 4 heteroatoms. The average Bonchev–Trinajstić information content (AvgIpc) is 2.90. The van der Waals surface area contributed by atoms with Crippen LogP contribution in [0, 0.1) is 0 Å². The lowest BCUT2D eigenvalue weighted by atomic mass is 9.95. The maximum absolute atomic E-state index is 11.9. The van der Waals surface area contributed by atoms with Crippen molar-refractivity contribution < 1.29 is 9.53 Å². The van der Waals surface area contributed by atoms with E-state index in [9.17, 15) is 4.79 Å². The second kappa shape index (κ2) is 7.39. The minimum Gasteiger partial charge on any atom is -0.378 e. The highest BCUT2D eigenvalue weighted by Crippen LogP contribution is 2.27. The molecule has 2 rings (SSSR count). The van der Waals surface area contributed by atoms with Gasteiger partial charge in [0.15, 0.2) is 0 Å². The van der Waals surface area contributed by atoms with E-state index < -0.39 is 0 Å². The summed E-state index contributed by atoms with van der Waals surface area (Å²) < 4.78 is 5.54. The Hall–Kier alpha value is -0.220. The van der Waals surface area contributed by atoms with Crippen LogP contribution < -0.4 is 5.32 Å². The van der Waals surface area contributed by atoms with Crippen LogP contribution in [0.25, 0.3) is 0 Å². The highest BCUT2D eigenvalue weighted by molar-refractivity contribution is 7.99. The molecular formula is C14H25NO2S. The van der Waals surface area contributed by atoms with E-state index >= 15 is 0 Å². The second-order valence-corrected chi connectivity index (χ2v) is 6.60. The maximum Gasteiger partial charge on any atom is 0.220 e. The monoisotopic (exact) mass is 271 g/mol. The summed E-state index contributed by atoms with van der Waals surface area (Å²) in [6, 6.07) is 0.410. The third-order valence-electron chi connectivity index (χ3n) is 4.04. The molecule has 0 spiro atoms. The third-order valence-corrected chi connectivity index (χ3v) is 5.14. The first-order valence-electron chi connectivity index (χ1n) is 7.21.